The van der Waals surface area contributed by atoms with Crippen LogP contribution in [0.4, 0.5) is 5.69 Å². The van der Waals surface area contributed by atoms with Crippen LogP contribution in [0.3, 0.4) is 0 Å². The van der Waals surface area contributed by atoms with Gasteiger partial charge in [0.05, 0.1) is 5.02 Å². The highest BCUT2D eigenvalue weighted by Gasteiger charge is 2.50. The van der Waals surface area contributed by atoms with E-state index in [1.165, 1.54) is 6.07 Å². The summed E-state index contributed by atoms with van der Waals surface area (Å²) in [5.41, 5.74) is 0.688. The predicted octanol–water partition coefficient (Wildman–Crippen LogP) is 3.03. The quantitative estimate of drug-likeness (QED) is 0.834. The summed E-state index contributed by atoms with van der Waals surface area (Å²) in [6.07, 6.45) is 0.915. The highest BCUT2D eigenvalue weighted by Crippen LogP contribution is 2.52. The Balaban J connectivity index is 2.05. The van der Waals surface area contributed by atoms with Gasteiger partial charge in [-0.05, 0) is 24.0 Å². The van der Waals surface area contributed by atoms with Crippen LogP contribution in [-0.2, 0) is 4.79 Å². The molecule has 2 rings (SSSR count). The topological polar surface area (TPSA) is 49.3 Å². The van der Waals surface area contributed by atoms with Gasteiger partial charge < -0.3 is 10.4 Å². The highest BCUT2D eigenvalue weighted by atomic mass is 35.5. The van der Waals surface area contributed by atoms with E-state index in [0.717, 1.165) is 6.42 Å². The number of phenolic OH excluding ortho intramolecular Hbond substituents is 1. The monoisotopic (exact) mass is 239 g/mol. The van der Waals surface area contributed by atoms with Gasteiger partial charge in [0.2, 0.25) is 5.91 Å². The van der Waals surface area contributed by atoms with E-state index in [-0.39, 0.29) is 28.0 Å². The molecule has 1 aliphatic carbocycles. The number of anilines is 1. The van der Waals surface area contributed by atoms with Gasteiger partial charge in [0.1, 0.15) is 5.75 Å². The van der Waals surface area contributed by atoms with E-state index in [4.69, 9.17) is 11.6 Å². The molecule has 1 unspecified atom stereocenters. The molecule has 1 aromatic rings. The van der Waals surface area contributed by atoms with Crippen LogP contribution in [0, 0.1) is 11.3 Å². The molecule has 1 aliphatic rings. The number of hydrogen-bond donors (Lipinski definition) is 2. The summed E-state index contributed by atoms with van der Waals surface area (Å²) < 4.78 is 0. The predicted molar refractivity (Wildman–Crippen MR) is 63.6 cm³/mol. The Morgan fingerprint density at radius 2 is 2.19 bits per heavy atom. The third-order valence-corrected chi connectivity index (χ3v) is 3.36. The third-order valence-electron chi connectivity index (χ3n) is 3.04. The zero-order chi connectivity index (χ0) is 11.9. The second kappa shape index (κ2) is 3.67. The highest BCUT2D eigenvalue weighted by molar-refractivity contribution is 6.32. The molecule has 86 valence electrons. The fourth-order valence-electron chi connectivity index (χ4n) is 1.73. The smallest absolute Gasteiger partial charge is 0.228 e. The van der Waals surface area contributed by atoms with Crippen LogP contribution in [0.1, 0.15) is 20.3 Å². The first-order valence-corrected chi connectivity index (χ1v) is 5.57. The lowest BCUT2D eigenvalue weighted by molar-refractivity contribution is -0.117. The molecule has 1 fully saturated rings. The Labute approximate surface area is 99.4 Å². The molecule has 0 bridgehead atoms. The minimum Gasteiger partial charge on any atom is -0.506 e. The second-order valence-corrected chi connectivity index (χ2v) is 5.31. The van der Waals surface area contributed by atoms with Crippen LogP contribution in [0.15, 0.2) is 18.2 Å². The van der Waals surface area contributed by atoms with Crippen LogP contribution < -0.4 is 5.32 Å². The molecule has 0 aromatic heterocycles. The summed E-state index contributed by atoms with van der Waals surface area (Å²) in [6, 6.07) is 4.69. The van der Waals surface area contributed by atoms with Gasteiger partial charge in [-0.1, -0.05) is 25.4 Å². The van der Waals surface area contributed by atoms with Crippen molar-refractivity contribution < 1.29 is 9.90 Å². The summed E-state index contributed by atoms with van der Waals surface area (Å²) in [7, 11) is 0. The van der Waals surface area contributed by atoms with Crippen molar-refractivity contribution in [3.8, 4) is 5.75 Å². The third kappa shape index (κ3) is 2.14. The molecule has 0 aliphatic heterocycles. The number of benzene rings is 1. The summed E-state index contributed by atoms with van der Waals surface area (Å²) >= 11 is 5.67. The maximum Gasteiger partial charge on any atom is 0.228 e. The van der Waals surface area contributed by atoms with Crippen molar-refractivity contribution in [3.63, 3.8) is 0 Å². The van der Waals surface area contributed by atoms with Crippen molar-refractivity contribution in [2.45, 2.75) is 20.3 Å². The Morgan fingerprint density at radius 1 is 1.56 bits per heavy atom. The summed E-state index contributed by atoms with van der Waals surface area (Å²) in [6.45, 7) is 4.13. The van der Waals surface area contributed by atoms with Gasteiger partial charge in [-0.15, -0.1) is 0 Å². The number of halogens is 1. The van der Waals surface area contributed by atoms with Crippen molar-refractivity contribution in [2.75, 3.05) is 5.32 Å². The number of carbonyl (C=O) groups is 1. The van der Waals surface area contributed by atoms with Gasteiger partial charge in [-0.2, -0.15) is 0 Å². The average molecular weight is 240 g/mol. The Bertz CT molecular complexity index is 443. The molecule has 3 nitrogen and oxygen atoms in total. The maximum absolute atomic E-state index is 11.8. The van der Waals surface area contributed by atoms with E-state index in [1.807, 2.05) is 0 Å². The number of nitrogens with one attached hydrogen (secondary N) is 1. The number of aromatic hydroxyl groups is 1. The standard InChI is InChI=1S/C12H14ClNO2/c1-12(2)6-8(12)11(16)14-7-3-4-9(13)10(15)5-7/h3-5,8,15H,6H2,1-2H3,(H,14,16). The van der Waals surface area contributed by atoms with Gasteiger partial charge >= 0.3 is 0 Å². The van der Waals surface area contributed by atoms with Crippen LogP contribution in [0.25, 0.3) is 0 Å². The van der Waals surface area contributed by atoms with Gasteiger partial charge in [-0.3, -0.25) is 4.79 Å². The number of hydrogen-bond acceptors (Lipinski definition) is 2. The molecular weight excluding hydrogens is 226 g/mol. The summed E-state index contributed by atoms with van der Waals surface area (Å²) in [4.78, 5) is 11.8. The number of amides is 1. The molecule has 1 aromatic carbocycles. The number of phenols is 1. The SMILES string of the molecule is CC1(C)CC1C(=O)Nc1ccc(Cl)c(O)c1. The second-order valence-electron chi connectivity index (χ2n) is 4.90. The molecule has 0 heterocycles. The molecule has 2 N–H and O–H groups in total. The number of rotatable bonds is 2. The van der Waals surface area contributed by atoms with Crippen molar-refractivity contribution in [3.05, 3.63) is 23.2 Å². The molecule has 0 spiro atoms. The maximum atomic E-state index is 11.8. The number of carbonyl (C=O) groups excluding carboxylic acids is 1. The normalized spacial score (nSPS) is 21.6. The molecular formula is C12H14ClNO2. The first kappa shape index (κ1) is 11.3. The summed E-state index contributed by atoms with van der Waals surface area (Å²) in [5.74, 6) is 0.0616. The van der Waals surface area contributed by atoms with Crippen LogP contribution in [0.5, 0.6) is 5.75 Å². The van der Waals surface area contributed by atoms with Crippen molar-refractivity contribution in [2.24, 2.45) is 11.3 Å². The summed E-state index contributed by atoms with van der Waals surface area (Å²) in [5, 5.41) is 12.4. The van der Waals surface area contributed by atoms with E-state index in [9.17, 15) is 9.90 Å². The van der Waals surface area contributed by atoms with Crippen molar-refractivity contribution >= 4 is 23.2 Å². The van der Waals surface area contributed by atoms with Gasteiger partial charge in [0, 0.05) is 17.7 Å². The lowest BCUT2D eigenvalue weighted by Gasteiger charge is -2.07. The lowest BCUT2D eigenvalue weighted by atomic mass is 10.1. The fourth-order valence-corrected chi connectivity index (χ4v) is 1.85. The Kier molecular flexibility index (Phi) is 2.58. The van der Waals surface area contributed by atoms with Crippen LogP contribution in [0.2, 0.25) is 5.02 Å². The lowest BCUT2D eigenvalue weighted by Crippen LogP contribution is -2.16. The fraction of sp³-hybridized carbons (Fsp3) is 0.417. The molecule has 16 heavy (non-hydrogen) atoms. The Hall–Kier alpha value is -1.22. The van der Waals surface area contributed by atoms with Gasteiger partial charge in [-0.25, -0.2) is 0 Å². The molecule has 4 heteroatoms. The minimum atomic E-state index is -0.0190. The van der Waals surface area contributed by atoms with Gasteiger partial charge in [0.25, 0.3) is 0 Å². The van der Waals surface area contributed by atoms with Crippen molar-refractivity contribution in [1.29, 1.82) is 0 Å². The van der Waals surface area contributed by atoms with E-state index in [0.29, 0.717) is 5.69 Å². The zero-order valence-corrected chi connectivity index (χ0v) is 10.0. The average Bonchev–Trinajstić information content (AvgIpc) is 2.82. The van der Waals surface area contributed by atoms with Crippen LogP contribution >= 0.6 is 11.6 Å². The van der Waals surface area contributed by atoms with Gasteiger partial charge in [0.15, 0.2) is 0 Å². The molecule has 0 saturated heterocycles. The van der Waals surface area contributed by atoms with E-state index < -0.39 is 0 Å². The molecule has 0 radical (unpaired) electrons. The van der Waals surface area contributed by atoms with E-state index in [1.54, 1.807) is 12.1 Å². The van der Waals surface area contributed by atoms with E-state index >= 15 is 0 Å². The van der Waals surface area contributed by atoms with Crippen molar-refractivity contribution in [1.82, 2.24) is 0 Å². The molecule has 1 saturated carbocycles. The van der Waals surface area contributed by atoms with E-state index in [2.05, 4.69) is 19.2 Å². The molecule has 1 atom stereocenters. The minimum absolute atomic E-state index is 0.00622. The zero-order valence-electron chi connectivity index (χ0n) is 9.25. The first-order valence-electron chi connectivity index (χ1n) is 5.19. The molecule has 1 amide bonds. The van der Waals surface area contributed by atoms with Crippen LogP contribution in [-0.4, -0.2) is 11.0 Å². The Morgan fingerprint density at radius 3 is 2.69 bits per heavy atom. The first-order chi connectivity index (χ1) is 7.40. The largest absolute Gasteiger partial charge is 0.506 e.